The molecule has 1 aliphatic heterocycles. The largest absolute Gasteiger partial charge is 0.396 e. The molecule has 0 aromatic carbocycles. The molecule has 0 atom stereocenters. The SMILES string of the molecule is CCn1cc(N)c(C(=O)N2CCCNC(=O)C2)n1. The third-order valence-corrected chi connectivity index (χ3v) is 2.87. The van der Waals surface area contributed by atoms with E-state index in [0.717, 1.165) is 6.42 Å². The van der Waals surface area contributed by atoms with Gasteiger partial charge in [0.15, 0.2) is 5.69 Å². The van der Waals surface area contributed by atoms with Gasteiger partial charge in [0.2, 0.25) is 5.91 Å². The van der Waals surface area contributed by atoms with Crippen molar-refractivity contribution in [2.45, 2.75) is 19.9 Å². The number of carbonyl (C=O) groups is 2. The van der Waals surface area contributed by atoms with Crippen LogP contribution in [0, 0.1) is 0 Å². The number of rotatable bonds is 2. The summed E-state index contributed by atoms with van der Waals surface area (Å²) in [4.78, 5) is 25.1. The minimum Gasteiger partial charge on any atom is -0.396 e. The average molecular weight is 251 g/mol. The molecule has 18 heavy (non-hydrogen) atoms. The summed E-state index contributed by atoms with van der Waals surface area (Å²) in [5.41, 5.74) is 6.35. The van der Waals surface area contributed by atoms with Crippen LogP contribution < -0.4 is 11.1 Å². The van der Waals surface area contributed by atoms with E-state index >= 15 is 0 Å². The summed E-state index contributed by atoms with van der Waals surface area (Å²) in [6.07, 6.45) is 2.37. The summed E-state index contributed by atoms with van der Waals surface area (Å²) < 4.78 is 1.61. The van der Waals surface area contributed by atoms with Gasteiger partial charge in [-0.15, -0.1) is 0 Å². The first-order valence-electron chi connectivity index (χ1n) is 6.00. The Balaban J connectivity index is 2.18. The molecule has 7 heteroatoms. The van der Waals surface area contributed by atoms with Gasteiger partial charge in [-0.3, -0.25) is 14.3 Å². The van der Waals surface area contributed by atoms with Gasteiger partial charge in [0.1, 0.15) is 0 Å². The molecule has 3 N–H and O–H groups in total. The molecule has 0 aliphatic carbocycles. The number of nitrogens with zero attached hydrogens (tertiary/aromatic N) is 3. The third kappa shape index (κ3) is 2.44. The van der Waals surface area contributed by atoms with Crippen LogP contribution >= 0.6 is 0 Å². The third-order valence-electron chi connectivity index (χ3n) is 2.87. The standard InChI is InChI=1S/C11H17N5O2/c1-2-16-6-8(12)10(14-16)11(18)15-5-3-4-13-9(17)7-15/h6H,2-5,7,12H2,1H3,(H,13,17). The van der Waals surface area contributed by atoms with Crippen LogP contribution in [-0.4, -0.2) is 46.1 Å². The predicted molar refractivity (Wildman–Crippen MR) is 65.8 cm³/mol. The highest BCUT2D eigenvalue weighted by Gasteiger charge is 2.24. The van der Waals surface area contributed by atoms with E-state index in [-0.39, 0.29) is 24.1 Å². The zero-order valence-corrected chi connectivity index (χ0v) is 10.3. The van der Waals surface area contributed by atoms with Crippen LogP contribution in [0.5, 0.6) is 0 Å². The first kappa shape index (κ1) is 12.4. The number of anilines is 1. The highest BCUT2D eigenvalue weighted by molar-refractivity contribution is 5.99. The molecule has 1 fully saturated rings. The highest BCUT2D eigenvalue weighted by Crippen LogP contribution is 2.13. The maximum atomic E-state index is 12.2. The van der Waals surface area contributed by atoms with E-state index in [1.54, 1.807) is 10.9 Å². The van der Waals surface area contributed by atoms with Crippen LogP contribution in [0.25, 0.3) is 0 Å². The molecule has 98 valence electrons. The Morgan fingerprint density at radius 2 is 2.39 bits per heavy atom. The van der Waals surface area contributed by atoms with Crippen molar-refractivity contribution in [1.29, 1.82) is 0 Å². The quantitative estimate of drug-likeness (QED) is 0.737. The fraction of sp³-hybridized carbons (Fsp3) is 0.545. The molecule has 0 bridgehead atoms. The molecule has 0 radical (unpaired) electrons. The Kier molecular flexibility index (Phi) is 3.50. The number of hydrogen-bond acceptors (Lipinski definition) is 4. The molecule has 0 spiro atoms. The van der Waals surface area contributed by atoms with Crippen LogP contribution in [-0.2, 0) is 11.3 Å². The molecule has 2 rings (SSSR count). The molecule has 0 saturated carbocycles. The number of aromatic nitrogens is 2. The van der Waals surface area contributed by atoms with Crippen molar-refractivity contribution in [3.8, 4) is 0 Å². The number of aryl methyl sites for hydroxylation is 1. The van der Waals surface area contributed by atoms with Crippen LogP contribution in [0.4, 0.5) is 5.69 Å². The van der Waals surface area contributed by atoms with Gasteiger partial charge in [-0.2, -0.15) is 5.10 Å². The van der Waals surface area contributed by atoms with Crippen LogP contribution in [0.3, 0.4) is 0 Å². The number of nitrogen functional groups attached to an aromatic ring is 1. The second-order valence-corrected chi connectivity index (χ2v) is 4.22. The number of amides is 2. The second kappa shape index (κ2) is 5.07. The lowest BCUT2D eigenvalue weighted by Crippen LogP contribution is -2.37. The molecular weight excluding hydrogens is 234 g/mol. The van der Waals surface area contributed by atoms with Crippen molar-refractivity contribution in [1.82, 2.24) is 20.0 Å². The summed E-state index contributed by atoms with van der Waals surface area (Å²) >= 11 is 0. The molecule has 1 aromatic rings. The lowest BCUT2D eigenvalue weighted by atomic mass is 10.3. The number of carbonyl (C=O) groups excluding carboxylic acids is 2. The molecule has 2 amide bonds. The Labute approximate surface area is 105 Å². The lowest BCUT2D eigenvalue weighted by Gasteiger charge is -2.17. The summed E-state index contributed by atoms with van der Waals surface area (Å²) in [6, 6.07) is 0. The fourth-order valence-corrected chi connectivity index (χ4v) is 1.89. The van der Waals surface area contributed by atoms with E-state index in [1.807, 2.05) is 6.92 Å². The first-order chi connectivity index (χ1) is 8.61. The van der Waals surface area contributed by atoms with Crippen molar-refractivity contribution in [3.05, 3.63) is 11.9 Å². The normalized spacial score (nSPS) is 16.3. The fourth-order valence-electron chi connectivity index (χ4n) is 1.89. The summed E-state index contributed by atoms with van der Waals surface area (Å²) in [5.74, 6) is -0.425. The maximum Gasteiger partial charge on any atom is 0.276 e. The van der Waals surface area contributed by atoms with Gasteiger partial charge < -0.3 is 16.0 Å². The molecule has 1 aromatic heterocycles. The Morgan fingerprint density at radius 1 is 1.61 bits per heavy atom. The highest BCUT2D eigenvalue weighted by atomic mass is 16.2. The molecule has 2 heterocycles. The van der Waals surface area contributed by atoms with Crippen LogP contribution in [0.15, 0.2) is 6.20 Å². The monoisotopic (exact) mass is 251 g/mol. The van der Waals surface area contributed by atoms with Gasteiger partial charge in [-0.05, 0) is 13.3 Å². The summed E-state index contributed by atoms with van der Waals surface area (Å²) in [5, 5.41) is 6.85. The van der Waals surface area contributed by atoms with Gasteiger partial charge >= 0.3 is 0 Å². The molecule has 1 aliphatic rings. The van der Waals surface area contributed by atoms with Gasteiger partial charge in [0.25, 0.3) is 5.91 Å². The van der Waals surface area contributed by atoms with E-state index in [1.165, 1.54) is 4.90 Å². The first-order valence-corrected chi connectivity index (χ1v) is 6.00. The van der Waals surface area contributed by atoms with Crippen molar-refractivity contribution < 1.29 is 9.59 Å². The Morgan fingerprint density at radius 3 is 3.06 bits per heavy atom. The van der Waals surface area contributed by atoms with Gasteiger partial charge in [-0.25, -0.2) is 0 Å². The number of hydrogen-bond donors (Lipinski definition) is 2. The molecule has 0 unspecified atom stereocenters. The van der Waals surface area contributed by atoms with Gasteiger partial charge in [0, 0.05) is 25.8 Å². The molecule has 7 nitrogen and oxygen atoms in total. The maximum absolute atomic E-state index is 12.2. The Hall–Kier alpha value is -2.05. The minimum atomic E-state index is -0.281. The van der Waals surface area contributed by atoms with Gasteiger partial charge in [0.05, 0.1) is 12.2 Å². The van der Waals surface area contributed by atoms with E-state index in [2.05, 4.69) is 10.4 Å². The smallest absolute Gasteiger partial charge is 0.276 e. The van der Waals surface area contributed by atoms with Crippen molar-refractivity contribution in [2.75, 3.05) is 25.4 Å². The molecular formula is C11H17N5O2. The summed E-state index contributed by atoms with van der Waals surface area (Å²) in [7, 11) is 0. The Bertz CT molecular complexity index is 468. The van der Waals surface area contributed by atoms with E-state index in [0.29, 0.717) is 25.3 Å². The zero-order valence-electron chi connectivity index (χ0n) is 10.3. The predicted octanol–water partition coefficient (Wildman–Crippen LogP) is -0.553. The lowest BCUT2D eigenvalue weighted by molar-refractivity contribution is -0.121. The van der Waals surface area contributed by atoms with Crippen LogP contribution in [0.1, 0.15) is 23.8 Å². The summed E-state index contributed by atoms with van der Waals surface area (Å²) in [6.45, 7) is 3.77. The number of nitrogens with two attached hydrogens (primary N) is 1. The van der Waals surface area contributed by atoms with Gasteiger partial charge in [-0.1, -0.05) is 0 Å². The van der Waals surface area contributed by atoms with E-state index in [9.17, 15) is 9.59 Å². The zero-order chi connectivity index (χ0) is 13.1. The van der Waals surface area contributed by atoms with E-state index in [4.69, 9.17) is 5.73 Å². The van der Waals surface area contributed by atoms with E-state index < -0.39 is 0 Å². The number of nitrogens with one attached hydrogen (secondary N) is 1. The van der Waals surface area contributed by atoms with Crippen molar-refractivity contribution in [3.63, 3.8) is 0 Å². The van der Waals surface area contributed by atoms with Crippen molar-refractivity contribution >= 4 is 17.5 Å². The topological polar surface area (TPSA) is 93.2 Å². The molecule has 1 saturated heterocycles. The van der Waals surface area contributed by atoms with Crippen molar-refractivity contribution in [2.24, 2.45) is 0 Å². The van der Waals surface area contributed by atoms with Crippen LogP contribution in [0.2, 0.25) is 0 Å². The minimum absolute atomic E-state index is 0.0667. The second-order valence-electron chi connectivity index (χ2n) is 4.22. The average Bonchev–Trinajstić information content (AvgIpc) is 2.59.